The Bertz CT molecular complexity index is 755. The zero-order valence-corrected chi connectivity index (χ0v) is 10.9. The second kappa shape index (κ2) is 5.87. The van der Waals surface area contributed by atoms with E-state index in [-0.39, 0.29) is 29.4 Å². The van der Waals surface area contributed by atoms with Crippen molar-refractivity contribution in [2.75, 3.05) is 5.32 Å². The van der Waals surface area contributed by atoms with Crippen molar-refractivity contribution in [3.05, 3.63) is 50.8 Å². The van der Waals surface area contributed by atoms with Crippen LogP contribution < -0.4 is 5.32 Å². The lowest BCUT2D eigenvalue weighted by Gasteiger charge is -2.07. The predicted molar refractivity (Wildman–Crippen MR) is 72.3 cm³/mol. The minimum absolute atomic E-state index is 0.138. The van der Waals surface area contributed by atoms with Gasteiger partial charge in [-0.1, -0.05) is 0 Å². The molecular weight excluding hydrogens is 298 g/mol. The van der Waals surface area contributed by atoms with Crippen LogP contribution in [-0.4, -0.2) is 30.6 Å². The number of phenolic OH excluding ortho intramolecular Hbond substituents is 1. The van der Waals surface area contributed by atoms with Crippen molar-refractivity contribution < 1.29 is 19.7 Å². The third-order valence-electron chi connectivity index (χ3n) is 2.60. The summed E-state index contributed by atoms with van der Waals surface area (Å²) in [4.78, 5) is 31.6. The average Bonchev–Trinajstić information content (AvgIpc) is 2.89. The number of nitrogens with zero attached hydrogens (tertiary/aromatic N) is 4. The molecule has 0 radical (unpaired) electrons. The van der Waals surface area contributed by atoms with Gasteiger partial charge in [0.25, 0.3) is 5.69 Å². The molecule has 2 N–H and O–H groups in total. The Morgan fingerprint density at radius 3 is 2.55 bits per heavy atom. The van der Waals surface area contributed by atoms with Crippen molar-refractivity contribution in [2.24, 2.45) is 0 Å². The number of hydrogen-bond acceptors (Lipinski definition) is 7. The summed E-state index contributed by atoms with van der Waals surface area (Å²) < 4.78 is 1.03. The highest BCUT2D eigenvalue weighted by Gasteiger charge is 2.14. The number of phenols is 1. The van der Waals surface area contributed by atoms with Gasteiger partial charge < -0.3 is 10.4 Å². The molecule has 1 amide bonds. The Hall–Kier alpha value is -3.50. The van der Waals surface area contributed by atoms with Gasteiger partial charge in [-0.05, 0) is 6.07 Å². The summed E-state index contributed by atoms with van der Waals surface area (Å²) in [5, 5.41) is 36.6. The van der Waals surface area contributed by atoms with Gasteiger partial charge in [0.2, 0.25) is 5.91 Å². The second-order valence-electron chi connectivity index (χ2n) is 4.16. The largest absolute Gasteiger partial charge is 0.506 e. The van der Waals surface area contributed by atoms with Crippen LogP contribution in [0.2, 0.25) is 0 Å². The Kier molecular flexibility index (Phi) is 3.97. The number of hydrogen-bond donors (Lipinski definition) is 2. The highest BCUT2D eigenvalue weighted by molar-refractivity contribution is 5.92. The number of nitrogens with one attached hydrogen (secondary N) is 1. The van der Waals surface area contributed by atoms with Crippen LogP contribution in [0.25, 0.3) is 0 Å². The minimum atomic E-state index is -0.675. The molecule has 1 aromatic heterocycles. The van der Waals surface area contributed by atoms with E-state index < -0.39 is 15.8 Å². The monoisotopic (exact) mass is 307 g/mol. The van der Waals surface area contributed by atoms with E-state index in [2.05, 4.69) is 10.4 Å². The van der Waals surface area contributed by atoms with Gasteiger partial charge in [-0.3, -0.25) is 29.7 Å². The number of rotatable bonds is 5. The van der Waals surface area contributed by atoms with E-state index in [0.29, 0.717) is 0 Å². The fourth-order valence-electron chi connectivity index (χ4n) is 1.61. The number of anilines is 1. The van der Waals surface area contributed by atoms with Crippen molar-refractivity contribution in [3.63, 3.8) is 0 Å². The number of aromatic hydroxyl groups is 1. The summed E-state index contributed by atoms with van der Waals surface area (Å²) in [6.45, 7) is -0.351. The van der Waals surface area contributed by atoms with E-state index in [1.165, 1.54) is 0 Å². The first-order chi connectivity index (χ1) is 10.4. The first-order valence-electron chi connectivity index (χ1n) is 5.81. The van der Waals surface area contributed by atoms with E-state index in [4.69, 9.17) is 0 Å². The zero-order valence-electron chi connectivity index (χ0n) is 10.9. The molecule has 2 aromatic rings. The molecule has 0 saturated carbocycles. The first-order valence-corrected chi connectivity index (χ1v) is 5.81. The maximum absolute atomic E-state index is 11.8. The molecule has 0 aliphatic rings. The fraction of sp³-hybridized carbons (Fsp3) is 0.0909. The van der Waals surface area contributed by atoms with Gasteiger partial charge in [0.1, 0.15) is 24.7 Å². The molecule has 0 bridgehead atoms. The highest BCUT2D eigenvalue weighted by Crippen LogP contribution is 2.27. The number of amides is 1. The third kappa shape index (κ3) is 3.33. The standard InChI is InChI=1S/C11H9N5O6/c17-10-2-1-7(15(19)20)3-9(10)13-11(18)6-14-5-8(4-12-14)16(21)22/h1-5,17H,6H2,(H,13,18). The summed E-state index contributed by atoms with van der Waals surface area (Å²) in [7, 11) is 0. The quantitative estimate of drug-likeness (QED) is 0.475. The summed E-state index contributed by atoms with van der Waals surface area (Å²) in [5.41, 5.74) is -0.713. The Morgan fingerprint density at radius 2 is 1.95 bits per heavy atom. The van der Waals surface area contributed by atoms with Crippen LogP contribution >= 0.6 is 0 Å². The zero-order chi connectivity index (χ0) is 16.3. The highest BCUT2D eigenvalue weighted by atomic mass is 16.6. The lowest BCUT2D eigenvalue weighted by atomic mass is 10.2. The van der Waals surface area contributed by atoms with Gasteiger partial charge in [-0.15, -0.1) is 0 Å². The lowest BCUT2D eigenvalue weighted by Crippen LogP contribution is -2.19. The molecule has 0 spiro atoms. The normalized spacial score (nSPS) is 10.2. The second-order valence-corrected chi connectivity index (χ2v) is 4.16. The Morgan fingerprint density at radius 1 is 1.27 bits per heavy atom. The average molecular weight is 307 g/mol. The lowest BCUT2D eigenvalue weighted by molar-refractivity contribution is -0.385. The molecular formula is C11H9N5O6. The maximum atomic E-state index is 11.8. The molecule has 11 nitrogen and oxygen atoms in total. The molecule has 0 saturated heterocycles. The van der Waals surface area contributed by atoms with Crippen molar-refractivity contribution in [1.82, 2.24) is 9.78 Å². The van der Waals surface area contributed by atoms with Crippen molar-refractivity contribution in [3.8, 4) is 5.75 Å². The summed E-state index contributed by atoms with van der Waals surface area (Å²) in [5.74, 6) is -1.00. The molecule has 11 heteroatoms. The van der Waals surface area contributed by atoms with E-state index in [9.17, 15) is 30.1 Å². The van der Waals surface area contributed by atoms with Gasteiger partial charge in [0.05, 0.1) is 15.5 Å². The van der Waals surface area contributed by atoms with Gasteiger partial charge in [-0.2, -0.15) is 5.10 Å². The molecule has 0 aliphatic heterocycles. The van der Waals surface area contributed by atoms with E-state index in [0.717, 1.165) is 35.3 Å². The number of non-ortho nitro benzene ring substituents is 1. The molecule has 0 aliphatic carbocycles. The first kappa shape index (κ1) is 14.9. The number of aromatic nitrogens is 2. The number of nitro groups is 2. The molecule has 0 atom stereocenters. The Labute approximate surface area is 122 Å². The predicted octanol–water partition coefficient (Wildman–Crippen LogP) is 1.04. The summed E-state index contributed by atoms with van der Waals surface area (Å²) in [6, 6.07) is 3.16. The van der Waals surface area contributed by atoms with Gasteiger partial charge in [0.15, 0.2) is 0 Å². The summed E-state index contributed by atoms with van der Waals surface area (Å²) >= 11 is 0. The molecule has 114 valence electrons. The molecule has 0 unspecified atom stereocenters. The topological polar surface area (TPSA) is 153 Å². The van der Waals surface area contributed by atoms with Crippen LogP contribution in [0.15, 0.2) is 30.6 Å². The van der Waals surface area contributed by atoms with Crippen LogP contribution in [-0.2, 0) is 11.3 Å². The summed E-state index contributed by atoms with van der Waals surface area (Å²) in [6.07, 6.45) is 2.05. The maximum Gasteiger partial charge on any atom is 0.307 e. The number of carbonyl (C=O) groups excluding carboxylic acids is 1. The van der Waals surface area contributed by atoms with Crippen molar-refractivity contribution in [1.29, 1.82) is 0 Å². The molecule has 1 aromatic carbocycles. The molecule has 1 heterocycles. The Balaban J connectivity index is 2.09. The molecule has 22 heavy (non-hydrogen) atoms. The van der Waals surface area contributed by atoms with Crippen LogP contribution in [0.5, 0.6) is 5.75 Å². The van der Waals surface area contributed by atoms with Crippen molar-refractivity contribution in [2.45, 2.75) is 6.54 Å². The number of benzene rings is 1. The van der Waals surface area contributed by atoms with E-state index in [1.807, 2.05) is 0 Å². The van der Waals surface area contributed by atoms with Gasteiger partial charge >= 0.3 is 5.69 Å². The van der Waals surface area contributed by atoms with Crippen LogP contribution in [0.4, 0.5) is 17.1 Å². The van der Waals surface area contributed by atoms with Crippen LogP contribution in [0.3, 0.4) is 0 Å². The number of nitro benzene ring substituents is 1. The van der Waals surface area contributed by atoms with Crippen molar-refractivity contribution >= 4 is 23.0 Å². The smallest absolute Gasteiger partial charge is 0.307 e. The fourth-order valence-corrected chi connectivity index (χ4v) is 1.61. The molecule has 0 fully saturated rings. The number of carbonyl (C=O) groups is 1. The SMILES string of the molecule is O=C(Cn1cc([N+](=O)[O-])cn1)Nc1cc([N+](=O)[O-])ccc1O. The van der Waals surface area contributed by atoms with Crippen LogP contribution in [0, 0.1) is 20.2 Å². The van der Waals surface area contributed by atoms with Gasteiger partial charge in [-0.25, -0.2) is 0 Å². The van der Waals surface area contributed by atoms with Gasteiger partial charge in [0, 0.05) is 12.1 Å². The van der Waals surface area contributed by atoms with E-state index >= 15 is 0 Å². The molecule has 2 rings (SSSR count). The third-order valence-corrected chi connectivity index (χ3v) is 2.60. The van der Waals surface area contributed by atoms with E-state index in [1.54, 1.807) is 0 Å². The minimum Gasteiger partial charge on any atom is -0.506 e. The van der Waals surface area contributed by atoms with Crippen LogP contribution in [0.1, 0.15) is 0 Å².